The van der Waals surface area contributed by atoms with Crippen molar-refractivity contribution >= 4 is 17.6 Å². The number of rotatable bonds is 3. The maximum Gasteiger partial charge on any atom is 0.248 e. The summed E-state index contributed by atoms with van der Waals surface area (Å²) in [5.41, 5.74) is 11.5. The number of anilines is 3. The highest BCUT2D eigenvalue weighted by Crippen LogP contribution is 2.34. The van der Waals surface area contributed by atoms with Crippen molar-refractivity contribution in [3.8, 4) is 28.6 Å². The van der Waals surface area contributed by atoms with E-state index in [0.29, 0.717) is 30.7 Å². The predicted octanol–water partition coefficient (Wildman–Crippen LogP) is 3.70. The minimum atomic E-state index is 0.232. The molecule has 0 unspecified atom stereocenters. The molecule has 0 radical (unpaired) electrons. The number of nitrogens with two attached hydrogens (primary N) is 1. The van der Waals surface area contributed by atoms with Crippen LogP contribution < -0.4 is 20.5 Å². The van der Waals surface area contributed by atoms with Crippen molar-refractivity contribution in [2.24, 2.45) is 0 Å². The molecular formula is C24H23N7O2. The number of aryl methyl sites for hydroxylation is 2. The van der Waals surface area contributed by atoms with Crippen LogP contribution in [0.2, 0.25) is 0 Å². The fraction of sp³-hybridized carbons (Fsp3) is 0.250. The molecule has 0 amide bonds. The molecule has 1 aliphatic heterocycles. The number of hydrogen-bond acceptors (Lipinski definition) is 8. The van der Waals surface area contributed by atoms with Crippen LogP contribution in [0, 0.1) is 0 Å². The number of ether oxygens (including phenoxy) is 2. The molecule has 166 valence electrons. The zero-order chi connectivity index (χ0) is 22.2. The maximum absolute atomic E-state index is 6.18. The van der Waals surface area contributed by atoms with E-state index in [1.165, 1.54) is 10.2 Å². The Morgan fingerprint density at radius 3 is 2.67 bits per heavy atom. The van der Waals surface area contributed by atoms with Gasteiger partial charge in [0.2, 0.25) is 11.9 Å². The van der Waals surface area contributed by atoms with Crippen molar-refractivity contribution in [3.63, 3.8) is 0 Å². The van der Waals surface area contributed by atoms with Crippen LogP contribution in [0.4, 0.5) is 17.6 Å². The zero-order valence-electron chi connectivity index (χ0n) is 18.0. The van der Waals surface area contributed by atoms with Gasteiger partial charge in [-0.1, -0.05) is 24.3 Å². The molecule has 0 saturated heterocycles. The van der Waals surface area contributed by atoms with Crippen LogP contribution in [0.3, 0.4) is 0 Å². The molecule has 2 aromatic carbocycles. The summed E-state index contributed by atoms with van der Waals surface area (Å²) in [5.74, 6) is 2.57. The monoisotopic (exact) mass is 441 g/mol. The summed E-state index contributed by atoms with van der Waals surface area (Å²) in [5, 5.41) is 16.7. The van der Waals surface area contributed by atoms with Crippen LogP contribution in [0.15, 0.2) is 48.5 Å². The molecule has 3 N–H and O–H groups in total. The smallest absolute Gasteiger partial charge is 0.248 e. The van der Waals surface area contributed by atoms with Gasteiger partial charge in [0.15, 0.2) is 17.3 Å². The summed E-state index contributed by atoms with van der Waals surface area (Å²) < 4.78 is 13.0. The van der Waals surface area contributed by atoms with E-state index in [9.17, 15) is 0 Å². The SMILES string of the molecule is Nc1nc(Nc2ccc3c(c2)OCCCO3)nn1-c1cc2c(nn1)-c1ccccc1CCC2. The molecule has 9 heteroatoms. The fourth-order valence-electron chi connectivity index (χ4n) is 4.29. The molecule has 9 nitrogen and oxygen atoms in total. The Morgan fingerprint density at radius 1 is 0.879 bits per heavy atom. The third-order valence-corrected chi connectivity index (χ3v) is 5.88. The van der Waals surface area contributed by atoms with Crippen LogP contribution >= 0.6 is 0 Å². The number of nitrogen functional groups attached to an aromatic ring is 1. The van der Waals surface area contributed by atoms with Crippen LogP contribution in [-0.2, 0) is 12.8 Å². The van der Waals surface area contributed by atoms with Gasteiger partial charge in [-0.2, -0.15) is 9.67 Å². The summed E-state index contributed by atoms with van der Waals surface area (Å²) >= 11 is 0. The number of fused-ring (bicyclic) bond motifs is 4. The van der Waals surface area contributed by atoms with Crippen LogP contribution in [0.25, 0.3) is 17.1 Å². The van der Waals surface area contributed by atoms with Crippen molar-refractivity contribution in [2.45, 2.75) is 25.7 Å². The third-order valence-electron chi connectivity index (χ3n) is 5.88. The highest BCUT2D eigenvalue weighted by molar-refractivity contribution is 5.68. The predicted molar refractivity (Wildman–Crippen MR) is 124 cm³/mol. The molecule has 6 rings (SSSR count). The number of aromatic nitrogens is 5. The lowest BCUT2D eigenvalue weighted by Gasteiger charge is -2.09. The standard InChI is InChI=1S/C24H23N7O2/c25-23-27-24(26-17-9-10-19-20(14-17)33-12-4-11-32-19)30-31(23)21-13-16-7-3-6-15-5-1-2-8-18(15)22(16)29-28-21/h1-2,5,8-10,13-14H,3-4,6-7,11-12H2,(H3,25,26,27,30). The van der Waals surface area contributed by atoms with Gasteiger partial charge in [0.25, 0.3) is 0 Å². The van der Waals surface area contributed by atoms with Gasteiger partial charge in [-0.15, -0.1) is 15.3 Å². The Balaban J connectivity index is 1.29. The zero-order valence-corrected chi connectivity index (χ0v) is 18.0. The van der Waals surface area contributed by atoms with E-state index in [-0.39, 0.29) is 5.95 Å². The molecule has 4 aromatic rings. The van der Waals surface area contributed by atoms with E-state index in [2.05, 4.69) is 43.8 Å². The van der Waals surface area contributed by atoms with Crippen molar-refractivity contribution in [1.29, 1.82) is 0 Å². The topological polar surface area (TPSA) is 113 Å². The van der Waals surface area contributed by atoms with E-state index < -0.39 is 0 Å². The number of benzene rings is 2. The Hall–Kier alpha value is -4.14. The lowest BCUT2D eigenvalue weighted by Crippen LogP contribution is -2.08. The molecule has 0 spiro atoms. The second-order valence-electron chi connectivity index (χ2n) is 8.13. The molecule has 0 atom stereocenters. The van der Waals surface area contributed by atoms with Crippen molar-refractivity contribution in [3.05, 3.63) is 59.7 Å². The Bertz CT molecular complexity index is 1330. The first-order valence-corrected chi connectivity index (χ1v) is 11.1. The van der Waals surface area contributed by atoms with E-state index in [1.807, 2.05) is 30.3 Å². The van der Waals surface area contributed by atoms with E-state index in [4.69, 9.17) is 15.2 Å². The first-order valence-electron chi connectivity index (χ1n) is 11.1. The van der Waals surface area contributed by atoms with Gasteiger partial charge in [0.05, 0.1) is 18.9 Å². The molecule has 0 bridgehead atoms. The molecule has 2 aromatic heterocycles. The molecule has 3 heterocycles. The summed E-state index contributed by atoms with van der Waals surface area (Å²) in [4.78, 5) is 4.36. The van der Waals surface area contributed by atoms with Gasteiger partial charge < -0.3 is 20.5 Å². The summed E-state index contributed by atoms with van der Waals surface area (Å²) in [6.07, 6.45) is 3.85. The van der Waals surface area contributed by atoms with E-state index >= 15 is 0 Å². The molecule has 2 aliphatic rings. The Kier molecular flexibility index (Phi) is 4.79. The minimum absolute atomic E-state index is 0.232. The van der Waals surface area contributed by atoms with Gasteiger partial charge in [-0.3, -0.25) is 0 Å². The van der Waals surface area contributed by atoms with E-state index in [1.54, 1.807) is 0 Å². The minimum Gasteiger partial charge on any atom is -0.490 e. The van der Waals surface area contributed by atoms with Crippen molar-refractivity contribution in [1.82, 2.24) is 25.0 Å². The summed E-state index contributed by atoms with van der Waals surface area (Å²) in [7, 11) is 0. The molecule has 33 heavy (non-hydrogen) atoms. The number of hydrogen-bond donors (Lipinski definition) is 2. The molecule has 0 saturated carbocycles. The maximum atomic E-state index is 6.18. The third kappa shape index (κ3) is 3.71. The second kappa shape index (κ2) is 8.09. The Morgan fingerprint density at radius 2 is 1.73 bits per heavy atom. The first kappa shape index (κ1) is 19.5. The van der Waals surface area contributed by atoms with E-state index in [0.717, 1.165) is 53.9 Å². The quantitative estimate of drug-likeness (QED) is 0.495. The number of nitrogens with one attached hydrogen (secondary N) is 1. The fourth-order valence-corrected chi connectivity index (χ4v) is 4.29. The largest absolute Gasteiger partial charge is 0.490 e. The average Bonchev–Trinajstić information content (AvgIpc) is 2.99. The van der Waals surface area contributed by atoms with Gasteiger partial charge in [-0.25, -0.2) is 0 Å². The summed E-state index contributed by atoms with van der Waals surface area (Å²) in [6, 6.07) is 16.0. The van der Waals surface area contributed by atoms with Crippen molar-refractivity contribution in [2.75, 3.05) is 24.3 Å². The Labute approximate surface area is 190 Å². The van der Waals surface area contributed by atoms with Gasteiger partial charge in [0, 0.05) is 23.7 Å². The van der Waals surface area contributed by atoms with Crippen LogP contribution in [0.5, 0.6) is 11.5 Å². The van der Waals surface area contributed by atoms with Crippen LogP contribution in [0.1, 0.15) is 24.0 Å². The normalized spacial score (nSPS) is 14.5. The molecular weight excluding hydrogens is 418 g/mol. The molecule has 0 fully saturated rings. The second-order valence-corrected chi connectivity index (χ2v) is 8.13. The summed E-state index contributed by atoms with van der Waals surface area (Å²) in [6.45, 7) is 1.27. The lowest BCUT2D eigenvalue weighted by molar-refractivity contribution is 0.297. The highest BCUT2D eigenvalue weighted by atomic mass is 16.5. The van der Waals surface area contributed by atoms with Gasteiger partial charge in [0.1, 0.15) is 0 Å². The van der Waals surface area contributed by atoms with Gasteiger partial charge >= 0.3 is 0 Å². The lowest BCUT2D eigenvalue weighted by atomic mass is 10.0. The van der Waals surface area contributed by atoms with Crippen LogP contribution in [-0.4, -0.2) is 38.2 Å². The average molecular weight is 441 g/mol. The highest BCUT2D eigenvalue weighted by Gasteiger charge is 2.19. The van der Waals surface area contributed by atoms with Gasteiger partial charge in [-0.05, 0) is 48.6 Å². The number of nitrogens with zero attached hydrogens (tertiary/aromatic N) is 5. The molecule has 1 aliphatic carbocycles. The first-order chi connectivity index (χ1) is 16.2. The van der Waals surface area contributed by atoms with Crippen molar-refractivity contribution < 1.29 is 9.47 Å².